The quantitative estimate of drug-likeness (QED) is 0.389. The topological polar surface area (TPSA) is 86.1 Å². The van der Waals surface area contributed by atoms with Crippen molar-refractivity contribution in [2.45, 2.75) is 37.6 Å². The molecule has 0 heterocycles. The van der Waals surface area contributed by atoms with Gasteiger partial charge >= 0.3 is 5.97 Å². The second-order valence-corrected chi connectivity index (χ2v) is 3.09. The number of azide groups is 1. The van der Waals surface area contributed by atoms with Crippen LogP contribution in [0, 0.1) is 0 Å². The zero-order chi connectivity index (χ0) is 9.03. The largest absolute Gasteiger partial charge is 0.481 e. The average Bonchev–Trinajstić information content (AvgIpc) is 2.06. The molecule has 0 aromatic heterocycles. The van der Waals surface area contributed by atoms with Crippen molar-refractivity contribution in [1.82, 2.24) is 0 Å². The molecule has 66 valence electrons. The first-order chi connectivity index (χ1) is 5.71. The van der Waals surface area contributed by atoms with E-state index >= 15 is 0 Å². The van der Waals surface area contributed by atoms with Crippen LogP contribution in [0.4, 0.5) is 0 Å². The van der Waals surface area contributed by atoms with Crippen LogP contribution >= 0.6 is 0 Å². The summed E-state index contributed by atoms with van der Waals surface area (Å²) in [7, 11) is 0. The number of carbonyl (C=O) groups is 1. The molecule has 0 radical (unpaired) electrons. The van der Waals surface area contributed by atoms with E-state index in [1.807, 2.05) is 0 Å². The molecule has 0 aromatic rings. The Hall–Kier alpha value is -1.22. The minimum absolute atomic E-state index is 0.479. The van der Waals surface area contributed by atoms with Gasteiger partial charge in [-0.2, -0.15) is 0 Å². The first-order valence-corrected chi connectivity index (χ1v) is 4.01. The monoisotopic (exact) mass is 169 g/mol. The zero-order valence-corrected chi connectivity index (χ0v) is 6.73. The van der Waals surface area contributed by atoms with Gasteiger partial charge in [0.05, 0.1) is 0 Å². The number of hydrogen-bond donors (Lipinski definition) is 1. The minimum Gasteiger partial charge on any atom is -0.481 e. The minimum atomic E-state index is -1.15. The lowest BCUT2D eigenvalue weighted by atomic mass is 9.82. The van der Waals surface area contributed by atoms with E-state index in [0.29, 0.717) is 12.8 Å². The average molecular weight is 169 g/mol. The summed E-state index contributed by atoms with van der Waals surface area (Å²) in [6.07, 6.45) is 3.67. The molecule has 0 saturated heterocycles. The molecule has 1 saturated carbocycles. The fourth-order valence-electron chi connectivity index (χ4n) is 1.58. The van der Waals surface area contributed by atoms with Crippen molar-refractivity contribution in [3.8, 4) is 0 Å². The molecule has 0 unspecified atom stereocenters. The van der Waals surface area contributed by atoms with Gasteiger partial charge in [0.25, 0.3) is 0 Å². The van der Waals surface area contributed by atoms with Gasteiger partial charge < -0.3 is 5.11 Å². The summed E-state index contributed by atoms with van der Waals surface area (Å²) < 4.78 is 0. The van der Waals surface area contributed by atoms with Crippen LogP contribution < -0.4 is 0 Å². The summed E-state index contributed by atoms with van der Waals surface area (Å²) >= 11 is 0. The van der Waals surface area contributed by atoms with Crippen molar-refractivity contribution in [3.05, 3.63) is 10.4 Å². The Kier molecular flexibility index (Phi) is 2.55. The van der Waals surface area contributed by atoms with Gasteiger partial charge in [-0.25, -0.2) is 0 Å². The lowest BCUT2D eigenvalue weighted by Crippen LogP contribution is -2.38. The van der Waals surface area contributed by atoms with Crippen LogP contribution in [-0.2, 0) is 4.79 Å². The highest BCUT2D eigenvalue weighted by atomic mass is 16.4. The fraction of sp³-hybridized carbons (Fsp3) is 0.857. The van der Waals surface area contributed by atoms with Crippen LogP contribution in [-0.4, -0.2) is 16.6 Å². The normalized spacial score (nSPS) is 21.0. The summed E-state index contributed by atoms with van der Waals surface area (Å²) in [5.74, 6) is -0.986. The fourth-order valence-corrected chi connectivity index (χ4v) is 1.58. The summed E-state index contributed by atoms with van der Waals surface area (Å²) in [5.41, 5.74) is 7.08. The molecule has 0 amide bonds. The van der Waals surface area contributed by atoms with Crippen LogP contribution in [0.3, 0.4) is 0 Å². The van der Waals surface area contributed by atoms with Gasteiger partial charge in [-0.15, -0.1) is 0 Å². The van der Waals surface area contributed by atoms with E-state index in [2.05, 4.69) is 10.0 Å². The maximum atomic E-state index is 10.8. The summed E-state index contributed by atoms with van der Waals surface area (Å²) in [6.45, 7) is 0. The molecule has 1 aliphatic carbocycles. The number of rotatable bonds is 2. The lowest BCUT2D eigenvalue weighted by Gasteiger charge is -2.27. The number of nitrogens with zero attached hydrogens (tertiary/aromatic N) is 3. The molecule has 0 bridgehead atoms. The second kappa shape index (κ2) is 3.45. The van der Waals surface area contributed by atoms with E-state index in [4.69, 9.17) is 10.6 Å². The maximum Gasteiger partial charge on any atom is 0.315 e. The molecule has 12 heavy (non-hydrogen) atoms. The van der Waals surface area contributed by atoms with Crippen molar-refractivity contribution < 1.29 is 9.90 Å². The zero-order valence-electron chi connectivity index (χ0n) is 6.73. The van der Waals surface area contributed by atoms with E-state index in [9.17, 15) is 4.79 Å². The Labute approximate surface area is 70.0 Å². The maximum absolute atomic E-state index is 10.8. The predicted octanol–water partition coefficient (Wildman–Crippen LogP) is 2.08. The Bertz CT molecular complexity index is 223. The Balaban J connectivity index is 2.83. The highest BCUT2D eigenvalue weighted by Crippen LogP contribution is 2.31. The molecule has 1 aliphatic rings. The first-order valence-electron chi connectivity index (χ1n) is 4.01. The Morgan fingerprint density at radius 1 is 1.42 bits per heavy atom. The van der Waals surface area contributed by atoms with Gasteiger partial charge in [-0.05, 0) is 18.4 Å². The SMILES string of the molecule is [N-]=[N+]=NC1(C(=O)O)CCCCC1. The van der Waals surface area contributed by atoms with E-state index < -0.39 is 11.5 Å². The predicted molar refractivity (Wildman–Crippen MR) is 42.6 cm³/mol. The van der Waals surface area contributed by atoms with E-state index in [1.165, 1.54) is 0 Å². The van der Waals surface area contributed by atoms with Crippen LogP contribution in [0.1, 0.15) is 32.1 Å². The third-order valence-corrected chi connectivity index (χ3v) is 2.31. The van der Waals surface area contributed by atoms with Crippen molar-refractivity contribution in [2.75, 3.05) is 0 Å². The standard InChI is InChI=1S/C7H11N3O2/c8-10-9-7(6(11)12)4-2-1-3-5-7/h1-5H2,(H,11,12). The van der Waals surface area contributed by atoms with Gasteiger partial charge in [-0.1, -0.05) is 24.4 Å². The van der Waals surface area contributed by atoms with Gasteiger partial charge in [-0.3, -0.25) is 4.79 Å². The van der Waals surface area contributed by atoms with Crippen molar-refractivity contribution in [3.63, 3.8) is 0 Å². The Morgan fingerprint density at radius 2 is 2.00 bits per heavy atom. The summed E-state index contributed by atoms with van der Waals surface area (Å²) in [6, 6.07) is 0. The van der Waals surface area contributed by atoms with Crippen molar-refractivity contribution in [1.29, 1.82) is 0 Å². The molecular weight excluding hydrogens is 158 g/mol. The smallest absolute Gasteiger partial charge is 0.315 e. The molecule has 0 atom stereocenters. The molecule has 5 nitrogen and oxygen atoms in total. The number of carboxylic acids is 1. The third-order valence-electron chi connectivity index (χ3n) is 2.31. The number of carboxylic acid groups (broad SMARTS) is 1. The molecule has 0 spiro atoms. The third kappa shape index (κ3) is 1.51. The molecule has 1 rings (SSSR count). The number of hydrogen-bond acceptors (Lipinski definition) is 2. The van der Waals surface area contributed by atoms with Gasteiger partial charge in [0.15, 0.2) is 0 Å². The molecule has 1 fully saturated rings. The van der Waals surface area contributed by atoms with E-state index in [1.54, 1.807) is 0 Å². The molecular formula is C7H11N3O2. The van der Waals surface area contributed by atoms with Crippen molar-refractivity contribution in [2.24, 2.45) is 5.11 Å². The first kappa shape index (κ1) is 8.87. The highest BCUT2D eigenvalue weighted by Gasteiger charge is 2.38. The van der Waals surface area contributed by atoms with Crippen LogP contribution in [0.5, 0.6) is 0 Å². The summed E-state index contributed by atoms with van der Waals surface area (Å²) in [5, 5.41) is 12.3. The molecule has 0 aromatic carbocycles. The Morgan fingerprint density at radius 3 is 2.42 bits per heavy atom. The number of aliphatic carboxylic acids is 1. The molecule has 5 heteroatoms. The van der Waals surface area contributed by atoms with Gasteiger partial charge in [0, 0.05) is 4.91 Å². The van der Waals surface area contributed by atoms with Gasteiger partial charge in [0.1, 0.15) is 5.54 Å². The molecule has 0 aliphatic heterocycles. The van der Waals surface area contributed by atoms with Gasteiger partial charge in [0.2, 0.25) is 0 Å². The lowest BCUT2D eigenvalue weighted by molar-refractivity contribution is -0.144. The molecule has 1 N–H and O–H groups in total. The van der Waals surface area contributed by atoms with Crippen LogP contribution in [0.25, 0.3) is 10.4 Å². The second-order valence-electron chi connectivity index (χ2n) is 3.09. The van der Waals surface area contributed by atoms with Crippen LogP contribution in [0.2, 0.25) is 0 Å². The van der Waals surface area contributed by atoms with Crippen LogP contribution in [0.15, 0.2) is 5.11 Å². The van der Waals surface area contributed by atoms with Crippen molar-refractivity contribution >= 4 is 5.97 Å². The highest BCUT2D eigenvalue weighted by molar-refractivity contribution is 5.79. The van der Waals surface area contributed by atoms with E-state index in [-0.39, 0.29) is 0 Å². The van der Waals surface area contributed by atoms with E-state index in [0.717, 1.165) is 19.3 Å². The summed E-state index contributed by atoms with van der Waals surface area (Å²) in [4.78, 5) is 13.4.